The zero-order valence-electron chi connectivity index (χ0n) is 15.6. The van der Waals surface area contributed by atoms with E-state index in [1.807, 2.05) is 44.2 Å². The predicted octanol–water partition coefficient (Wildman–Crippen LogP) is 3.46. The second-order valence-corrected chi connectivity index (χ2v) is 7.16. The number of halogens is 1. The first kappa shape index (κ1) is 19.2. The molecule has 1 aliphatic rings. The van der Waals surface area contributed by atoms with Crippen molar-refractivity contribution in [3.05, 3.63) is 64.2 Å². The van der Waals surface area contributed by atoms with Crippen LogP contribution in [-0.4, -0.2) is 49.6 Å². The van der Waals surface area contributed by atoms with Crippen molar-refractivity contribution in [3.8, 4) is 0 Å². The maximum Gasteiger partial charge on any atom is 0.338 e. The van der Waals surface area contributed by atoms with E-state index in [0.717, 1.165) is 29.9 Å². The van der Waals surface area contributed by atoms with Crippen LogP contribution in [0.1, 0.15) is 21.5 Å². The molecule has 0 aromatic heterocycles. The lowest BCUT2D eigenvalue weighted by molar-refractivity contribution is -0.134. The fourth-order valence-electron chi connectivity index (χ4n) is 3.06. The molecule has 6 heteroatoms. The van der Waals surface area contributed by atoms with Gasteiger partial charge in [-0.05, 0) is 55.3 Å². The molecule has 5 nitrogen and oxygen atoms in total. The van der Waals surface area contributed by atoms with Crippen molar-refractivity contribution in [1.82, 2.24) is 4.90 Å². The van der Waals surface area contributed by atoms with Gasteiger partial charge in [0.1, 0.15) is 0 Å². The van der Waals surface area contributed by atoms with E-state index in [0.29, 0.717) is 23.7 Å². The van der Waals surface area contributed by atoms with Crippen LogP contribution in [0.25, 0.3) is 0 Å². The largest absolute Gasteiger partial charge is 0.452 e. The van der Waals surface area contributed by atoms with E-state index in [-0.39, 0.29) is 12.5 Å². The minimum atomic E-state index is -0.469. The summed E-state index contributed by atoms with van der Waals surface area (Å²) >= 11 is 6.04. The standard InChI is InChI=1S/C21H23ClN2O3/c1-15-6-7-17(12-16(15)2)21(26)27-14-20(25)24-10-8-23(9-11-24)19-5-3-4-18(22)13-19/h3-7,12-13H,8-11,14H2,1-2H3. The van der Waals surface area contributed by atoms with Crippen LogP contribution in [0.4, 0.5) is 5.69 Å². The molecule has 3 rings (SSSR count). The second kappa shape index (κ2) is 8.44. The van der Waals surface area contributed by atoms with Crippen LogP contribution >= 0.6 is 11.6 Å². The summed E-state index contributed by atoms with van der Waals surface area (Å²) in [6, 6.07) is 13.1. The third-order valence-corrected chi connectivity index (χ3v) is 5.11. The number of aryl methyl sites for hydroxylation is 2. The fourth-order valence-corrected chi connectivity index (χ4v) is 3.24. The van der Waals surface area contributed by atoms with Crippen molar-refractivity contribution in [2.24, 2.45) is 0 Å². The number of esters is 1. The number of rotatable bonds is 4. The molecule has 0 N–H and O–H groups in total. The van der Waals surface area contributed by atoms with E-state index in [1.165, 1.54) is 0 Å². The number of piperazine rings is 1. The lowest BCUT2D eigenvalue weighted by atomic mass is 10.1. The molecule has 1 saturated heterocycles. The molecule has 0 unspecified atom stereocenters. The fraction of sp³-hybridized carbons (Fsp3) is 0.333. The molecular formula is C21H23ClN2O3. The molecule has 0 spiro atoms. The highest BCUT2D eigenvalue weighted by Crippen LogP contribution is 2.20. The van der Waals surface area contributed by atoms with Gasteiger partial charge in [-0.15, -0.1) is 0 Å². The highest BCUT2D eigenvalue weighted by molar-refractivity contribution is 6.30. The molecule has 2 aromatic rings. The summed E-state index contributed by atoms with van der Waals surface area (Å²) < 4.78 is 5.20. The lowest BCUT2D eigenvalue weighted by Crippen LogP contribution is -2.49. The zero-order valence-corrected chi connectivity index (χ0v) is 16.3. The Balaban J connectivity index is 1.49. The Kier molecular flexibility index (Phi) is 6.01. The van der Waals surface area contributed by atoms with Crippen molar-refractivity contribution < 1.29 is 14.3 Å². The van der Waals surface area contributed by atoms with Gasteiger partial charge in [0, 0.05) is 36.9 Å². The second-order valence-electron chi connectivity index (χ2n) is 6.72. The third kappa shape index (κ3) is 4.80. The molecule has 27 heavy (non-hydrogen) atoms. The monoisotopic (exact) mass is 386 g/mol. The van der Waals surface area contributed by atoms with E-state index in [2.05, 4.69) is 4.90 Å². The molecule has 0 saturated carbocycles. The lowest BCUT2D eigenvalue weighted by Gasteiger charge is -2.36. The number of benzene rings is 2. The molecular weight excluding hydrogens is 364 g/mol. The van der Waals surface area contributed by atoms with Crippen LogP contribution in [0.3, 0.4) is 0 Å². The van der Waals surface area contributed by atoms with Crippen molar-refractivity contribution in [3.63, 3.8) is 0 Å². The molecule has 1 heterocycles. The maximum atomic E-state index is 12.4. The highest BCUT2D eigenvalue weighted by atomic mass is 35.5. The van der Waals surface area contributed by atoms with Gasteiger partial charge in [0.2, 0.25) is 0 Å². The molecule has 2 aromatic carbocycles. The maximum absolute atomic E-state index is 12.4. The topological polar surface area (TPSA) is 49.9 Å². The van der Waals surface area contributed by atoms with Crippen LogP contribution in [0.5, 0.6) is 0 Å². The van der Waals surface area contributed by atoms with Crippen LogP contribution in [-0.2, 0) is 9.53 Å². The molecule has 0 aliphatic carbocycles. The number of amides is 1. The average molecular weight is 387 g/mol. The van der Waals surface area contributed by atoms with Crippen LogP contribution in [0, 0.1) is 13.8 Å². The first-order valence-electron chi connectivity index (χ1n) is 8.97. The first-order valence-corrected chi connectivity index (χ1v) is 9.34. The number of ether oxygens (including phenoxy) is 1. The van der Waals surface area contributed by atoms with E-state index < -0.39 is 5.97 Å². The van der Waals surface area contributed by atoms with Crippen LogP contribution in [0.15, 0.2) is 42.5 Å². The van der Waals surface area contributed by atoms with Gasteiger partial charge >= 0.3 is 5.97 Å². The van der Waals surface area contributed by atoms with Crippen LogP contribution < -0.4 is 4.90 Å². The minimum Gasteiger partial charge on any atom is -0.452 e. The minimum absolute atomic E-state index is 0.169. The van der Waals surface area contributed by atoms with E-state index in [4.69, 9.17) is 16.3 Å². The summed E-state index contributed by atoms with van der Waals surface area (Å²) in [7, 11) is 0. The van der Waals surface area contributed by atoms with Gasteiger partial charge in [0.15, 0.2) is 6.61 Å². The Hall–Kier alpha value is -2.53. The van der Waals surface area contributed by atoms with Gasteiger partial charge in [-0.1, -0.05) is 23.7 Å². The number of hydrogen-bond donors (Lipinski definition) is 0. The number of carbonyl (C=O) groups excluding carboxylic acids is 2. The molecule has 1 amide bonds. The Labute approximate surface area is 164 Å². The summed E-state index contributed by atoms with van der Waals surface area (Å²) in [6.07, 6.45) is 0. The number of anilines is 1. The molecule has 0 atom stereocenters. The van der Waals surface area contributed by atoms with Gasteiger partial charge in [0.25, 0.3) is 5.91 Å². The Morgan fingerprint density at radius 3 is 2.41 bits per heavy atom. The van der Waals surface area contributed by atoms with Crippen molar-refractivity contribution in [2.75, 3.05) is 37.7 Å². The molecule has 0 radical (unpaired) electrons. The number of nitrogens with zero attached hydrogens (tertiary/aromatic N) is 2. The smallest absolute Gasteiger partial charge is 0.338 e. The number of carbonyl (C=O) groups is 2. The van der Waals surface area contributed by atoms with Crippen LogP contribution in [0.2, 0.25) is 5.02 Å². The summed E-state index contributed by atoms with van der Waals surface area (Å²) in [5.41, 5.74) is 3.65. The number of hydrogen-bond acceptors (Lipinski definition) is 4. The summed E-state index contributed by atoms with van der Waals surface area (Å²) in [5.74, 6) is -0.637. The molecule has 1 aliphatic heterocycles. The Bertz CT molecular complexity index is 845. The predicted molar refractivity (Wildman–Crippen MR) is 106 cm³/mol. The quantitative estimate of drug-likeness (QED) is 0.755. The summed E-state index contributed by atoms with van der Waals surface area (Å²) in [6.45, 7) is 6.31. The summed E-state index contributed by atoms with van der Waals surface area (Å²) in [4.78, 5) is 28.4. The highest BCUT2D eigenvalue weighted by Gasteiger charge is 2.22. The molecule has 1 fully saturated rings. The third-order valence-electron chi connectivity index (χ3n) is 4.88. The molecule has 0 bridgehead atoms. The van der Waals surface area contributed by atoms with Gasteiger partial charge in [-0.2, -0.15) is 0 Å². The van der Waals surface area contributed by atoms with Gasteiger partial charge in [-0.25, -0.2) is 4.79 Å². The van der Waals surface area contributed by atoms with Gasteiger partial charge in [-0.3, -0.25) is 4.79 Å². The van der Waals surface area contributed by atoms with E-state index >= 15 is 0 Å². The van der Waals surface area contributed by atoms with Gasteiger partial charge in [0.05, 0.1) is 5.56 Å². The van der Waals surface area contributed by atoms with Gasteiger partial charge < -0.3 is 14.5 Å². The Morgan fingerprint density at radius 2 is 1.74 bits per heavy atom. The zero-order chi connectivity index (χ0) is 19.4. The average Bonchev–Trinajstić information content (AvgIpc) is 2.68. The summed E-state index contributed by atoms with van der Waals surface area (Å²) in [5, 5.41) is 0.698. The molecule has 142 valence electrons. The van der Waals surface area contributed by atoms with E-state index in [1.54, 1.807) is 17.0 Å². The normalized spacial score (nSPS) is 14.2. The van der Waals surface area contributed by atoms with Crippen molar-refractivity contribution in [2.45, 2.75) is 13.8 Å². The first-order chi connectivity index (χ1) is 12.9. The Morgan fingerprint density at radius 1 is 1.00 bits per heavy atom. The SMILES string of the molecule is Cc1ccc(C(=O)OCC(=O)N2CCN(c3cccc(Cl)c3)CC2)cc1C. The van der Waals surface area contributed by atoms with Crippen molar-refractivity contribution >= 4 is 29.2 Å². The van der Waals surface area contributed by atoms with E-state index in [9.17, 15) is 9.59 Å². The van der Waals surface area contributed by atoms with Crippen molar-refractivity contribution in [1.29, 1.82) is 0 Å².